The predicted octanol–water partition coefficient (Wildman–Crippen LogP) is 4.56. The predicted molar refractivity (Wildman–Crippen MR) is 90.3 cm³/mol. The highest BCUT2D eigenvalue weighted by Crippen LogP contribution is 2.24. The van der Waals surface area contributed by atoms with Crippen molar-refractivity contribution in [2.75, 3.05) is 0 Å². The van der Waals surface area contributed by atoms with Crippen LogP contribution < -0.4 is 0 Å². The van der Waals surface area contributed by atoms with Crippen molar-refractivity contribution in [2.24, 2.45) is 0 Å². The van der Waals surface area contributed by atoms with Crippen molar-refractivity contribution >= 4 is 5.69 Å². The third-order valence-corrected chi connectivity index (χ3v) is 3.71. The van der Waals surface area contributed by atoms with E-state index in [0.717, 1.165) is 28.1 Å². The topological polar surface area (TPSA) is 56.0 Å². The van der Waals surface area contributed by atoms with Crippen LogP contribution in [-0.4, -0.2) is 9.91 Å². The summed E-state index contributed by atoms with van der Waals surface area (Å²) >= 11 is 0. The lowest BCUT2D eigenvalue weighted by Crippen LogP contribution is -1.97. The first-order chi connectivity index (χ1) is 11.1. The molecule has 3 rings (SSSR count). The summed E-state index contributed by atoms with van der Waals surface area (Å²) in [5.74, 6) is 0. The van der Waals surface area contributed by atoms with E-state index in [2.05, 4.69) is 11.1 Å². The summed E-state index contributed by atoms with van der Waals surface area (Å²) in [7, 11) is 0. The fourth-order valence-electron chi connectivity index (χ4n) is 2.53. The van der Waals surface area contributed by atoms with E-state index in [1.54, 1.807) is 24.3 Å². The zero-order valence-corrected chi connectivity index (χ0v) is 12.8. The Kier molecular flexibility index (Phi) is 4.15. The molecule has 0 saturated carbocycles. The first-order valence-corrected chi connectivity index (χ1v) is 7.39. The summed E-state index contributed by atoms with van der Waals surface area (Å²) in [6, 6.07) is 20.8. The molecule has 3 aromatic rings. The number of hydrogen-bond donors (Lipinski definition) is 0. The second kappa shape index (κ2) is 6.40. The molecular formula is C19H16N2O2. The molecule has 0 bridgehead atoms. The summed E-state index contributed by atoms with van der Waals surface area (Å²) in [4.78, 5) is 15.0. The minimum absolute atomic E-state index is 0.110. The van der Waals surface area contributed by atoms with Gasteiger partial charge in [0.15, 0.2) is 0 Å². The van der Waals surface area contributed by atoms with Crippen LogP contribution in [-0.2, 0) is 6.42 Å². The Labute approximate surface area is 134 Å². The molecule has 1 aromatic heterocycles. The monoisotopic (exact) mass is 304 g/mol. The Morgan fingerprint density at radius 1 is 0.957 bits per heavy atom. The zero-order chi connectivity index (χ0) is 16.2. The number of benzene rings is 2. The summed E-state index contributed by atoms with van der Waals surface area (Å²) in [5.41, 5.74) is 5.25. The summed E-state index contributed by atoms with van der Waals surface area (Å²) < 4.78 is 0. The maximum atomic E-state index is 10.7. The Balaban J connectivity index is 1.95. The highest BCUT2D eigenvalue weighted by Gasteiger charge is 2.09. The molecule has 0 atom stereocenters. The zero-order valence-electron chi connectivity index (χ0n) is 12.8. The number of aromatic nitrogens is 1. The molecule has 0 aliphatic heterocycles. The second-order valence-electron chi connectivity index (χ2n) is 5.43. The van der Waals surface area contributed by atoms with Crippen LogP contribution in [0, 0.1) is 17.0 Å². The third-order valence-electron chi connectivity index (χ3n) is 3.71. The van der Waals surface area contributed by atoms with E-state index in [1.165, 1.54) is 0 Å². The number of nitrogens with zero attached hydrogens (tertiary/aromatic N) is 2. The molecule has 0 unspecified atom stereocenters. The number of non-ortho nitro benzene ring substituents is 1. The van der Waals surface area contributed by atoms with Crippen LogP contribution in [0.3, 0.4) is 0 Å². The number of nitro groups is 1. The molecule has 0 N–H and O–H groups in total. The molecule has 1 heterocycles. The molecule has 4 nitrogen and oxygen atoms in total. The van der Waals surface area contributed by atoms with Gasteiger partial charge in [0.2, 0.25) is 0 Å². The van der Waals surface area contributed by atoms with Gasteiger partial charge in [-0.25, -0.2) is 0 Å². The van der Waals surface area contributed by atoms with Gasteiger partial charge in [-0.2, -0.15) is 0 Å². The summed E-state index contributed by atoms with van der Waals surface area (Å²) in [6.45, 7) is 1.97. The average molecular weight is 304 g/mol. The molecule has 0 aliphatic rings. The Bertz CT molecular complexity index is 828. The SMILES string of the molecule is Cc1ccc(Cc2ccc([N+](=O)[O-])cc2)c(-c2ccccc2)n1. The number of nitro benzene ring substituents is 1. The van der Waals surface area contributed by atoms with E-state index in [4.69, 9.17) is 0 Å². The maximum Gasteiger partial charge on any atom is 0.269 e. The van der Waals surface area contributed by atoms with Crippen molar-refractivity contribution in [3.8, 4) is 11.3 Å². The molecule has 0 saturated heterocycles. The van der Waals surface area contributed by atoms with Crippen LogP contribution in [0.2, 0.25) is 0 Å². The third kappa shape index (κ3) is 3.43. The summed E-state index contributed by atoms with van der Waals surface area (Å²) in [5, 5.41) is 10.7. The molecule has 4 heteroatoms. The van der Waals surface area contributed by atoms with E-state index in [1.807, 2.05) is 43.3 Å². The van der Waals surface area contributed by atoms with Crippen LogP contribution in [0.5, 0.6) is 0 Å². The van der Waals surface area contributed by atoms with Gasteiger partial charge < -0.3 is 0 Å². The van der Waals surface area contributed by atoms with Gasteiger partial charge in [0.1, 0.15) is 0 Å². The Morgan fingerprint density at radius 3 is 2.30 bits per heavy atom. The van der Waals surface area contributed by atoms with E-state index >= 15 is 0 Å². The smallest absolute Gasteiger partial charge is 0.258 e. The van der Waals surface area contributed by atoms with Crippen LogP contribution in [0.4, 0.5) is 5.69 Å². The van der Waals surface area contributed by atoms with Crippen molar-refractivity contribution in [1.29, 1.82) is 0 Å². The van der Waals surface area contributed by atoms with Gasteiger partial charge >= 0.3 is 0 Å². The van der Waals surface area contributed by atoms with Crippen molar-refractivity contribution in [3.05, 3.63) is 93.7 Å². The van der Waals surface area contributed by atoms with Crippen LogP contribution in [0.15, 0.2) is 66.7 Å². The standard InChI is InChI=1S/C19H16N2O2/c1-14-7-10-17(19(20-14)16-5-3-2-4-6-16)13-15-8-11-18(12-9-15)21(22)23/h2-12H,13H2,1H3. The van der Waals surface area contributed by atoms with E-state index in [0.29, 0.717) is 6.42 Å². The normalized spacial score (nSPS) is 10.5. The number of pyridine rings is 1. The van der Waals surface area contributed by atoms with Gasteiger partial charge in [-0.1, -0.05) is 48.5 Å². The van der Waals surface area contributed by atoms with Gasteiger partial charge in [-0.15, -0.1) is 0 Å². The first kappa shape index (κ1) is 14.9. The van der Waals surface area contributed by atoms with Crippen LogP contribution in [0.1, 0.15) is 16.8 Å². The van der Waals surface area contributed by atoms with Crippen LogP contribution in [0.25, 0.3) is 11.3 Å². The van der Waals surface area contributed by atoms with Crippen molar-refractivity contribution in [3.63, 3.8) is 0 Å². The van der Waals surface area contributed by atoms with E-state index in [9.17, 15) is 10.1 Å². The highest BCUT2D eigenvalue weighted by atomic mass is 16.6. The molecular weight excluding hydrogens is 288 g/mol. The fourth-order valence-corrected chi connectivity index (χ4v) is 2.53. The van der Waals surface area contributed by atoms with Gasteiger partial charge in [0.05, 0.1) is 10.6 Å². The molecule has 0 amide bonds. The molecule has 23 heavy (non-hydrogen) atoms. The minimum Gasteiger partial charge on any atom is -0.258 e. The van der Waals surface area contributed by atoms with Gasteiger partial charge in [0.25, 0.3) is 5.69 Å². The van der Waals surface area contributed by atoms with Crippen molar-refractivity contribution in [1.82, 2.24) is 4.98 Å². The lowest BCUT2D eigenvalue weighted by molar-refractivity contribution is -0.384. The van der Waals surface area contributed by atoms with Gasteiger partial charge in [0, 0.05) is 23.4 Å². The molecule has 0 fully saturated rings. The molecule has 0 aliphatic carbocycles. The number of rotatable bonds is 4. The fraction of sp³-hybridized carbons (Fsp3) is 0.105. The second-order valence-corrected chi connectivity index (χ2v) is 5.43. The van der Waals surface area contributed by atoms with E-state index in [-0.39, 0.29) is 10.6 Å². The molecule has 0 spiro atoms. The first-order valence-electron chi connectivity index (χ1n) is 7.39. The number of hydrogen-bond acceptors (Lipinski definition) is 3. The lowest BCUT2D eigenvalue weighted by atomic mass is 9.99. The van der Waals surface area contributed by atoms with E-state index < -0.39 is 0 Å². The Hall–Kier alpha value is -3.01. The van der Waals surface area contributed by atoms with Gasteiger partial charge in [-0.05, 0) is 30.5 Å². The lowest BCUT2D eigenvalue weighted by Gasteiger charge is -2.10. The van der Waals surface area contributed by atoms with Gasteiger partial charge in [-0.3, -0.25) is 15.1 Å². The maximum absolute atomic E-state index is 10.7. The number of aryl methyl sites for hydroxylation is 1. The largest absolute Gasteiger partial charge is 0.269 e. The molecule has 114 valence electrons. The Morgan fingerprint density at radius 2 is 1.65 bits per heavy atom. The van der Waals surface area contributed by atoms with Crippen molar-refractivity contribution in [2.45, 2.75) is 13.3 Å². The summed E-state index contributed by atoms with van der Waals surface area (Å²) in [6.07, 6.45) is 0.690. The quantitative estimate of drug-likeness (QED) is 0.524. The average Bonchev–Trinajstić information content (AvgIpc) is 2.58. The minimum atomic E-state index is -0.382. The highest BCUT2D eigenvalue weighted by molar-refractivity contribution is 5.64. The van der Waals surface area contributed by atoms with Crippen LogP contribution >= 0.6 is 0 Å². The van der Waals surface area contributed by atoms with Crippen molar-refractivity contribution < 1.29 is 4.92 Å². The molecule has 0 radical (unpaired) electrons. The molecule has 2 aromatic carbocycles.